The van der Waals surface area contributed by atoms with Crippen molar-refractivity contribution in [3.63, 3.8) is 0 Å². The number of aryl methyl sites for hydroxylation is 1. The molecular formula is C25H25FN4O4. The number of hydrogen-bond donors (Lipinski definition) is 1. The molecule has 2 aliphatic heterocycles. The number of methoxy groups -OCH3 is 2. The molecular weight excluding hydrogens is 439 g/mol. The van der Waals surface area contributed by atoms with Gasteiger partial charge in [-0.05, 0) is 43.2 Å². The monoisotopic (exact) mass is 464 g/mol. The smallest absolute Gasteiger partial charge is 0.251 e. The highest BCUT2D eigenvalue weighted by atomic mass is 19.1. The standard InChI is InChI=1S/C25H25FN4O4/c1-15-20(27-24(34-15)18-5-4-6-22(32-2)23(18)33-3)14-29-11-12-30-21(25(29)31)13-19(28-30)16-7-9-17(26)10-8-16/h4-12,19,21,28H,13-14H2,1-3H3. The lowest BCUT2D eigenvalue weighted by atomic mass is 10.0. The molecule has 3 aromatic rings. The molecule has 2 unspecified atom stereocenters. The number of amides is 1. The summed E-state index contributed by atoms with van der Waals surface area (Å²) in [4.78, 5) is 19.6. The van der Waals surface area contributed by atoms with Crippen molar-refractivity contribution in [3.8, 4) is 23.0 Å². The maximum Gasteiger partial charge on any atom is 0.251 e. The maximum atomic E-state index is 13.3. The zero-order chi connectivity index (χ0) is 23.8. The molecule has 176 valence electrons. The molecule has 1 fully saturated rings. The van der Waals surface area contributed by atoms with Gasteiger partial charge < -0.3 is 23.8 Å². The molecule has 1 saturated heterocycles. The molecule has 0 aliphatic carbocycles. The van der Waals surface area contributed by atoms with Gasteiger partial charge in [0.05, 0.1) is 32.4 Å². The summed E-state index contributed by atoms with van der Waals surface area (Å²) >= 11 is 0. The molecule has 8 nitrogen and oxygen atoms in total. The fourth-order valence-corrected chi connectivity index (χ4v) is 4.39. The van der Waals surface area contributed by atoms with Crippen LogP contribution in [0.15, 0.2) is 59.3 Å². The minimum absolute atomic E-state index is 0.0393. The van der Waals surface area contributed by atoms with Crippen LogP contribution < -0.4 is 14.9 Å². The number of carbonyl (C=O) groups excluding carboxylic acids is 1. The molecule has 2 aliphatic rings. The Kier molecular flexibility index (Phi) is 5.70. The van der Waals surface area contributed by atoms with Crippen molar-refractivity contribution in [1.29, 1.82) is 0 Å². The van der Waals surface area contributed by atoms with E-state index < -0.39 is 0 Å². The molecule has 1 amide bonds. The molecule has 3 heterocycles. The average Bonchev–Trinajstić information content (AvgIpc) is 3.45. The summed E-state index contributed by atoms with van der Waals surface area (Å²) in [6.45, 7) is 2.10. The zero-order valence-electron chi connectivity index (χ0n) is 19.1. The Bertz CT molecular complexity index is 1240. The number of hydrogen-bond acceptors (Lipinski definition) is 7. The number of halogens is 1. The van der Waals surface area contributed by atoms with Crippen LogP contribution in [-0.2, 0) is 11.3 Å². The number of rotatable bonds is 6. The molecule has 34 heavy (non-hydrogen) atoms. The first kappa shape index (κ1) is 22.0. The van der Waals surface area contributed by atoms with Crippen LogP contribution in [0.2, 0.25) is 0 Å². The van der Waals surface area contributed by atoms with E-state index in [2.05, 4.69) is 10.4 Å². The molecule has 0 spiro atoms. The number of benzene rings is 2. The highest BCUT2D eigenvalue weighted by molar-refractivity contribution is 5.84. The number of ether oxygens (including phenoxy) is 2. The molecule has 1 N–H and O–H groups in total. The largest absolute Gasteiger partial charge is 0.493 e. The van der Waals surface area contributed by atoms with Crippen LogP contribution in [0.4, 0.5) is 4.39 Å². The summed E-state index contributed by atoms with van der Waals surface area (Å²) in [6, 6.07) is 11.4. The van der Waals surface area contributed by atoms with Crippen LogP contribution in [0.5, 0.6) is 11.5 Å². The first-order chi connectivity index (χ1) is 16.5. The predicted octanol–water partition coefficient (Wildman–Crippen LogP) is 3.94. The lowest BCUT2D eigenvalue weighted by Gasteiger charge is -2.31. The number of para-hydroxylation sites is 1. The fraction of sp³-hybridized carbons (Fsp3) is 0.280. The second-order valence-electron chi connectivity index (χ2n) is 8.22. The van der Waals surface area contributed by atoms with Gasteiger partial charge in [0.15, 0.2) is 11.5 Å². The minimum atomic E-state index is -0.356. The van der Waals surface area contributed by atoms with Crippen molar-refractivity contribution in [2.45, 2.75) is 32.0 Å². The SMILES string of the molecule is COc1cccc(-c2nc(CN3C=CN4NC(c5ccc(F)cc5)CC4C3=O)c(C)o2)c1OC. The quantitative estimate of drug-likeness (QED) is 0.592. The van der Waals surface area contributed by atoms with Crippen molar-refractivity contribution in [2.75, 3.05) is 14.2 Å². The van der Waals surface area contributed by atoms with Gasteiger partial charge in [0.1, 0.15) is 23.3 Å². The molecule has 9 heteroatoms. The Morgan fingerprint density at radius 3 is 2.68 bits per heavy atom. The van der Waals surface area contributed by atoms with E-state index in [4.69, 9.17) is 13.9 Å². The zero-order valence-corrected chi connectivity index (χ0v) is 19.1. The van der Waals surface area contributed by atoms with Crippen LogP contribution in [0.3, 0.4) is 0 Å². The van der Waals surface area contributed by atoms with E-state index in [0.29, 0.717) is 40.8 Å². The molecule has 0 saturated carbocycles. The van der Waals surface area contributed by atoms with E-state index in [0.717, 1.165) is 5.56 Å². The van der Waals surface area contributed by atoms with Crippen LogP contribution in [0.1, 0.15) is 29.5 Å². The van der Waals surface area contributed by atoms with Crippen molar-refractivity contribution in [1.82, 2.24) is 20.3 Å². The van der Waals surface area contributed by atoms with Crippen LogP contribution in [0.25, 0.3) is 11.5 Å². The van der Waals surface area contributed by atoms with Gasteiger partial charge in [-0.3, -0.25) is 4.79 Å². The van der Waals surface area contributed by atoms with Crippen LogP contribution in [-0.4, -0.2) is 41.1 Å². The van der Waals surface area contributed by atoms with E-state index in [1.54, 1.807) is 43.5 Å². The second-order valence-corrected chi connectivity index (χ2v) is 8.22. The minimum Gasteiger partial charge on any atom is -0.493 e. The third-order valence-corrected chi connectivity index (χ3v) is 6.19. The fourth-order valence-electron chi connectivity index (χ4n) is 4.39. The second kappa shape index (κ2) is 8.83. The third-order valence-electron chi connectivity index (χ3n) is 6.19. The van der Waals surface area contributed by atoms with Gasteiger partial charge in [0.25, 0.3) is 5.91 Å². The lowest BCUT2D eigenvalue weighted by Crippen LogP contribution is -2.47. The van der Waals surface area contributed by atoms with Gasteiger partial charge >= 0.3 is 0 Å². The normalized spacial score (nSPS) is 19.5. The van der Waals surface area contributed by atoms with Gasteiger partial charge in [0.2, 0.25) is 5.89 Å². The Labute approximate surface area is 196 Å². The summed E-state index contributed by atoms with van der Waals surface area (Å²) < 4.78 is 30.1. The lowest BCUT2D eigenvalue weighted by molar-refractivity contribution is -0.135. The van der Waals surface area contributed by atoms with E-state index in [1.807, 2.05) is 30.3 Å². The number of aromatic nitrogens is 1. The first-order valence-corrected chi connectivity index (χ1v) is 10.9. The summed E-state index contributed by atoms with van der Waals surface area (Å²) in [5.41, 5.74) is 5.59. The van der Waals surface area contributed by atoms with Crippen molar-refractivity contribution in [3.05, 3.63) is 77.7 Å². The number of fused-ring (bicyclic) bond motifs is 1. The number of nitrogens with one attached hydrogen (secondary N) is 1. The number of nitrogens with zero attached hydrogens (tertiary/aromatic N) is 3. The van der Waals surface area contributed by atoms with E-state index in [1.165, 1.54) is 12.1 Å². The van der Waals surface area contributed by atoms with E-state index >= 15 is 0 Å². The Morgan fingerprint density at radius 1 is 1.15 bits per heavy atom. The Balaban J connectivity index is 1.34. The molecule has 0 bridgehead atoms. The summed E-state index contributed by atoms with van der Waals surface area (Å²) in [5.74, 6) is 1.81. The highest BCUT2D eigenvalue weighted by Gasteiger charge is 2.40. The summed E-state index contributed by atoms with van der Waals surface area (Å²) in [6.07, 6.45) is 4.16. The van der Waals surface area contributed by atoms with Crippen LogP contribution in [0, 0.1) is 12.7 Å². The van der Waals surface area contributed by atoms with E-state index in [9.17, 15) is 9.18 Å². The average molecular weight is 464 g/mol. The number of carbonyl (C=O) groups is 1. The predicted molar refractivity (Wildman–Crippen MR) is 122 cm³/mol. The highest BCUT2D eigenvalue weighted by Crippen LogP contribution is 2.38. The van der Waals surface area contributed by atoms with Gasteiger partial charge in [-0.2, -0.15) is 0 Å². The number of hydrazine groups is 1. The van der Waals surface area contributed by atoms with Crippen molar-refractivity contribution in [2.24, 2.45) is 0 Å². The Hall–Kier alpha value is -3.85. The molecule has 5 rings (SSSR count). The van der Waals surface area contributed by atoms with Gasteiger partial charge in [-0.25, -0.2) is 14.8 Å². The number of oxazole rings is 1. The third kappa shape index (κ3) is 3.88. The molecule has 1 aromatic heterocycles. The van der Waals surface area contributed by atoms with Gasteiger partial charge in [0, 0.05) is 12.4 Å². The molecule has 0 radical (unpaired) electrons. The van der Waals surface area contributed by atoms with E-state index in [-0.39, 0.29) is 30.4 Å². The maximum absolute atomic E-state index is 13.3. The van der Waals surface area contributed by atoms with Gasteiger partial charge in [-0.15, -0.1) is 0 Å². The first-order valence-electron chi connectivity index (χ1n) is 10.9. The van der Waals surface area contributed by atoms with Crippen LogP contribution >= 0.6 is 0 Å². The summed E-state index contributed by atoms with van der Waals surface area (Å²) in [5, 5.41) is 1.81. The molecule has 2 aromatic carbocycles. The molecule has 2 atom stereocenters. The van der Waals surface area contributed by atoms with Crippen molar-refractivity contribution < 1.29 is 23.1 Å². The van der Waals surface area contributed by atoms with Gasteiger partial charge in [-0.1, -0.05) is 18.2 Å². The Morgan fingerprint density at radius 2 is 1.94 bits per heavy atom. The summed E-state index contributed by atoms with van der Waals surface area (Å²) in [7, 11) is 3.14. The van der Waals surface area contributed by atoms with Crippen molar-refractivity contribution >= 4 is 5.91 Å². The topological polar surface area (TPSA) is 80.1 Å².